The summed E-state index contributed by atoms with van der Waals surface area (Å²) in [6, 6.07) is 16.7. The number of anilines is 2. The Kier molecular flexibility index (Phi) is 7.97. The molecule has 8 nitrogen and oxygen atoms in total. The first-order chi connectivity index (χ1) is 18.6. The average Bonchev–Trinajstić information content (AvgIpc) is 2.98. The van der Waals surface area contributed by atoms with Gasteiger partial charge in [0.25, 0.3) is 0 Å². The number of nitrogens with zero attached hydrogens (tertiary/aromatic N) is 4. The van der Waals surface area contributed by atoms with E-state index in [4.69, 9.17) is 4.74 Å². The highest BCUT2D eigenvalue weighted by molar-refractivity contribution is 6.15. The van der Waals surface area contributed by atoms with Crippen LogP contribution in [-0.2, 0) is 4.79 Å². The van der Waals surface area contributed by atoms with Gasteiger partial charge < -0.3 is 19.9 Å². The second-order valence-electron chi connectivity index (χ2n) is 9.71. The van der Waals surface area contributed by atoms with Gasteiger partial charge in [0.2, 0.25) is 5.91 Å². The lowest BCUT2D eigenvalue weighted by Crippen LogP contribution is -2.44. The van der Waals surface area contributed by atoms with Crippen molar-refractivity contribution in [1.29, 1.82) is 0 Å². The molecule has 0 aliphatic carbocycles. The third kappa shape index (κ3) is 5.85. The summed E-state index contributed by atoms with van der Waals surface area (Å²) < 4.78 is 5.90. The molecule has 3 aromatic rings. The average molecular weight is 512 g/mol. The number of likely N-dealkylation sites (tertiary alicyclic amines) is 1. The van der Waals surface area contributed by atoms with Crippen molar-refractivity contribution in [3.8, 4) is 11.5 Å². The number of ether oxygens (including phenoxy) is 1. The van der Waals surface area contributed by atoms with Crippen LogP contribution in [0.4, 0.5) is 11.6 Å². The Labute approximate surface area is 223 Å². The molecule has 38 heavy (non-hydrogen) atoms. The van der Waals surface area contributed by atoms with E-state index >= 15 is 0 Å². The Morgan fingerprint density at radius 2 is 1.66 bits per heavy atom. The Bertz CT molecular complexity index is 1270. The van der Waals surface area contributed by atoms with Crippen LogP contribution in [0.15, 0.2) is 73.6 Å². The van der Waals surface area contributed by atoms with E-state index in [0.717, 1.165) is 44.5 Å². The molecule has 1 N–H and O–H groups in total. The molecule has 8 heteroatoms. The topological polar surface area (TPSA) is 87.7 Å². The summed E-state index contributed by atoms with van der Waals surface area (Å²) in [7, 11) is 0. The normalized spacial score (nSPS) is 17.5. The standard InChI is InChI=1S/C30H33N5O3/c1-2-26(36)35-19-9-10-23(20-35)33-29-27(30(32-21-31-29)34-17-7-4-8-18-34)28(37)22-13-15-25(16-14-22)38-24-11-5-3-6-12-24/h2-3,5-6,11-16,21,23H,1,4,7-10,17-20H2,(H,31,32,33)/t23-/m1/s1. The number of aromatic nitrogens is 2. The molecule has 1 amide bonds. The number of rotatable bonds is 8. The van der Waals surface area contributed by atoms with Crippen LogP contribution < -0.4 is 15.0 Å². The molecule has 0 spiro atoms. The summed E-state index contributed by atoms with van der Waals surface area (Å²) in [5.74, 6) is 2.33. The molecule has 0 unspecified atom stereocenters. The first kappa shape index (κ1) is 25.4. The fourth-order valence-corrected chi connectivity index (χ4v) is 5.10. The number of carbonyl (C=O) groups is 2. The summed E-state index contributed by atoms with van der Waals surface area (Å²) in [5.41, 5.74) is 1.01. The number of ketones is 1. The maximum absolute atomic E-state index is 14.0. The lowest BCUT2D eigenvalue weighted by molar-refractivity contribution is -0.127. The van der Waals surface area contributed by atoms with E-state index in [2.05, 4.69) is 26.8 Å². The van der Waals surface area contributed by atoms with Gasteiger partial charge >= 0.3 is 0 Å². The predicted molar refractivity (Wildman–Crippen MR) is 148 cm³/mol. The van der Waals surface area contributed by atoms with Crippen molar-refractivity contribution in [3.63, 3.8) is 0 Å². The molecule has 2 fully saturated rings. The van der Waals surface area contributed by atoms with Crippen LogP contribution >= 0.6 is 0 Å². The molecule has 1 aromatic heterocycles. The molecule has 0 saturated carbocycles. The molecule has 2 saturated heterocycles. The molecule has 3 heterocycles. The molecule has 0 bridgehead atoms. The van der Waals surface area contributed by atoms with Crippen LogP contribution in [0.25, 0.3) is 0 Å². The second kappa shape index (κ2) is 11.9. The number of amides is 1. The highest BCUT2D eigenvalue weighted by Gasteiger charge is 2.28. The minimum Gasteiger partial charge on any atom is -0.457 e. The van der Waals surface area contributed by atoms with Crippen LogP contribution in [0.2, 0.25) is 0 Å². The summed E-state index contributed by atoms with van der Waals surface area (Å²) in [5, 5.41) is 3.48. The van der Waals surface area contributed by atoms with E-state index in [1.165, 1.54) is 18.8 Å². The lowest BCUT2D eigenvalue weighted by atomic mass is 10.0. The number of nitrogens with one attached hydrogen (secondary N) is 1. The van der Waals surface area contributed by atoms with Gasteiger partial charge in [-0.05, 0) is 74.6 Å². The van der Waals surface area contributed by atoms with Crippen LogP contribution in [-0.4, -0.2) is 58.8 Å². The third-order valence-electron chi connectivity index (χ3n) is 7.05. The van der Waals surface area contributed by atoms with Gasteiger partial charge in [0, 0.05) is 37.8 Å². The number of hydrogen-bond acceptors (Lipinski definition) is 7. The molecular formula is C30H33N5O3. The number of carbonyl (C=O) groups excluding carboxylic acids is 2. The van der Waals surface area contributed by atoms with E-state index in [-0.39, 0.29) is 17.7 Å². The van der Waals surface area contributed by atoms with Crippen LogP contribution in [0.5, 0.6) is 11.5 Å². The van der Waals surface area contributed by atoms with E-state index in [1.54, 1.807) is 29.2 Å². The largest absolute Gasteiger partial charge is 0.457 e. The number of piperidine rings is 2. The van der Waals surface area contributed by atoms with Gasteiger partial charge in [-0.2, -0.15) is 0 Å². The van der Waals surface area contributed by atoms with Crippen molar-refractivity contribution in [3.05, 3.63) is 84.7 Å². The van der Waals surface area contributed by atoms with Gasteiger partial charge in [-0.15, -0.1) is 0 Å². The highest BCUT2D eigenvalue weighted by atomic mass is 16.5. The van der Waals surface area contributed by atoms with E-state index in [9.17, 15) is 9.59 Å². The molecular weight excluding hydrogens is 478 g/mol. The quantitative estimate of drug-likeness (QED) is 0.333. The summed E-state index contributed by atoms with van der Waals surface area (Å²) in [6.45, 7) is 6.56. The predicted octanol–water partition coefficient (Wildman–Crippen LogP) is 5.08. The van der Waals surface area contributed by atoms with Crippen molar-refractivity contribution in [2.24, 2.45) is 0 Å². The number of para-hydroxylation sites is 1. The maximum atomic E-state index is 14.0. The summed E-state index contributed by atoms with van der Waals surface area (Å²) in [6.07, 6.45) is 7.92. The molecule has 2 aromatic carbocycles. The Morgan fingerprint density at radius 3 is 2.39 bits per heavy atom. The fourth-order valence-electron chi connectivity index (χ4n) is 5.10. The van der Waals surface area contributed by atoms with Gasteiger partial charge in [0.05, 0.1) is 0 Å². The zero-order chi connectivity index (χ0) is 26.3. The van der Waals surface area contributed by atoms with E-state index in [0.29, 0.717) is 41.6 Å². The third-order valence-corrected chi connectivity index (χ3v) is 7.05. The molecule has 2 aliphatic rings. The summed E-state index contributed by atoms with van der Waals surface area (Å²) in [4.78, 5) is 39.3. The van der Waals surface area contributed by atoms with Crippen molar-refractivity contribution in [1.82, 2.24) is 14.9 Å². The SMILES string of the molecule is C=CC(=O)N1CCC[C@@H](Nc2ncnc(N3CCCCC3)c2C(=O)c2ccc(Oc3ccccc3)cc2)C1. The monoisotopic (exact) mass is 511 g/mol. The van der Waals surface area contributed by atoms with Crippen LogP contribution in [0, 0.1) is 0 Å². The Hall–Kier alpha value is -4.20. The summed E-state index contributed by atoms with van der Waals surface area (Å²) >= 11 is 0. The second-order valence-corrected chi connectivity index (χ2v) is 9.71. The van der Waals surface area contributed by atoms with Crippen molar-refractivity contribution >= 4 is 23.3 Å². The van der Waals surface area contributed by atoms with Crippen molar-refractivity contribution in [2.75, 3.05) is 36.4 Å². The molecule has 1 atom stereocenters. The molecule has 5 rings (SSSR count). The van der Waals surface area contributed by atoms with E-state index in [1.807, 2.05) is 30.3 Å². The molecule has 0 radical (unpaired) electrons. The minimum absolute atomic E-state index is 0.0232. The first-order valence-corrected chi connectivity index (χ1v) is 13.3. The van der Waals surface area contributed by atoms with Crippen LogP contribution in [0.3, 0.4) is 0 Å². The van der Waals surface area contributed by atoms with Gasteiger partial charge in [0.1, 0.15) is 35.0 Å². The smallest absolute Gasteiger partial charge is 0.246 e. The molecule has 2 aliphatic heterocycles. The zero-order valence-corrected chi connectivity index (χ0v) is 21.5. The van der Waals surface area contributed by atoms with Gasteiger partial charge in [-0.3, -0.25) is 9.59 Å². The van der Waals surface area contributed by atoms with Crippen molar-refractivity contribution in [2.45, 2.75) is 38.1 Å². The lowest BCUT2D eigenvalue weighted by Gasteiger charge is -2.34. The maximum Gasteiger partial charge on any atom is 0.246 e. The number of hydrogen-bond donors (Lipinski definition) is 1. The Morgan fingerprint density at radius 1 is 0.921 bits per heavy atom. The number of benzene rings is 2. The fraction of sp³-hybridized carbons (Fsp3) is 0.333. The molecule has 196 valence electrons. The van der Waals surface area contributed by atoms with Crippen molar-refractivity contribution < 1.29 is 14.3 Å². The Balaban J connectivity index is 1.43. The van der Waals surface area contributed by atoms with Gasteiger partial charge in [-0.1, -0.05) is 24.8 Å². The van der Waals surface area contributed by atoms with Gasteiger partial charge in [0.15, 0.2) is 5.78 Å². The highest BCUT2D eigenvalue weighted by Crippen LogP contribution is 2.31. The zero-order valence-electron chi connectivity index (χ0n) is 21.5. The first-order valence-electron chi connectivity index (χ1n) is 13.3. The van der Waals surface area contributed by atoms with Gasteiger partial charge in [-0.25, -0.2) is 9.97 Å². The van der Waals surface area contributed by atoms with E-state index < -0.39 is 0 Å². The van der Waals surface area contributed by atoms with Crippen LogP contribution in [0.1, 0.15) is 48.0 Å². The minimum atomic E-state index is -0.144.